The highest BCUT2D eigenvalue weighted by atomic mass is 32.1. The quantitative estimate of drug-likeness (QED) is 0.721. The van der Waals surface area contributed by atoms with Gasteiger partial charge >= 0.3 is 0 Å². The number of anilines is 2. The molecule has 19 heavy (non-hydrogen) atoms. The predicted octanol–water partition coefficient (Wildman–Crippen LogP) is 2.46. The third kappa shape index (κ3) is 2.51. The molecule has 1 aromatic carbocycles. The van der Waals surface area contributed by atoms with Gasteiger partial charge in [0.25, 0.3) is 0 Å². The molecule has 0 fully saturated rings. The molecular formula is C12H9N5S2. The van der Waals surface area contributed by atoms with Crippen LogP contribution in [0.5, 0.6) is 0 Å². The minimum Gasteiger partial charge on any atom is -0.388 e. The van der Waals surface area contributed by atoms with E-state index in [2.05, 4.69) is 20.3 Å². The number of nitrogens with two attached hydrogens (primary N) is 1. The molecule has 0 radical (unpaired) electrons. The van der Waals surface area contributed by atoms with Gasteiger partial charge in [0.1, 0.15) is 16.5 Å². The topological polar surface area (TPSA) is 76.7 Å². The van der Waals surface area contributed by atoms with Gasteiger partial charge in [0.2, 0.25) is 0 Å². The van der Waals surface area contributed by atoms with E-state index in [4.69, 9.17) is 18.0 Å². The van der Waals surface area contributed by atoms with Gasteiger partial charge in [-0.25, -0.2) is 15.0 Å². The zero-order valence-corrected chi connectivity index (χ0v) is 11.3. The van der Waals surface area contributed by atoms with Crippen LogP contribution in [0, 0.1) is 0 Å². The third-order valence-electron chi connectivity index (χ3n) is 2.51. The Kier molecular flexibility index (Phi) is 3.06. The molecule has 0 bridgehead atoms. The first-order chi connectivity index (χ1) is 9.22. The van der Waals surface area contributed by atoms with Crippen molar-refractivity contribution in [3.8, 4) is 0 Å². The van der Waals surface area contributed by atoms with Crippen molar-refractivity contribution in [3.63, 3.8) is 0 Å². The van der Waals surface area contributed by atoms with Crippen molar-refractivity contribution in [1.82, 2.24) is 15.0 Å². The molecule has 0 amide bonds. The van der Waals surface area contributed by atoms with Gasteiger partial charge in [0.15, 0.2) is 0 Å². The van der Waals surface area contributed by atoms with Gasteiger partial charge in [0, 0.05) is 5.69 Å². The number of aromatic nitrogens is 3. The van der Waals surface area contributed by atoms with Crippen molar-refractivity contribution in [2.45, 2.75) is 0 Å². The van der Waals surface area contributed by atoms with Crippen LogP contribution in [-0.2, 0) is 0 Å². The number of thiocarbonyl (C=S) groups is 1. The lowest BCUT2D eigenvalue weighted by atomic mass is 10.3. The number of hydrogen-bond donors (Lipinski definition) is 2. The minimum absolute atomic E-state index is 0.241. The Bertz CT molecular complexity index is 735. The second kappa shape index (κ2) is 4.87. The lowest BCUT2D eigenvalue weighted by molar-refractivity contribution is 1.18. The summed E-state index contributed by atoms with van der Waals surface area (Å²) >= 11 is 6.42. The zero-order chi connectivity index (χ0) is 13.2. The molecule has 0 saturated carbocycles. The molecule has 7 heteroatoms. The van der Waals surface area contributed by atoms with Crippen LogP contribution < -0.4 is 11.1 Å². The molecule has 0 aliphatic carbocycles. The molecule has 94 valence electrons. The fourth-order valence-electron chi connectivity index (χ4n) is 1.60. The summed E-state index contributed by atoms with van der Waals surface area (Å²) in [5.74, 6) is 0.642. The van der Waals surface area contributed by atoms with Crippen molar-refractivity contribution in [2.24, 2.45) is 5.73 Å². The van der Waals surface area contributed by atoms with E-state index in [9.17, 15) is 0 Å². The average molecular weight is 287 g/mol. The van der Waals surface area contributed by atoms with Crippen LogP contribution in [-0.4, -0.2) is 19.9 Å². The molecule has 3 N–H and O–H groups in total. The molecule has 0 aliphatic rings. The van der Waals surface area contributed by atoms with Gasteiger partial charge in [-0.2, -0.15) is 0 Å². The lowest BCUT2D eigenvalue weighted by Crippen LogP contribution is -2.12. The molecule has 5 nitrogen and oxygen atoms in total. The fourth-order valence-corrected chi connectivity index (χ4v) is 2.42. The summed E-state index contributed by atoms with van der Waals surface area (Å²) in [7, 11) is 0. The van der Waals surface area contributed by atoms with Gasteiger partial charge in [-0.15, -0.1) is 11.3 Å². The van der Waals surface area contributed by atoms with Crippen LogP contribution in [0.4, 0.5) is 11.5 Å². The Morgan fingerprint density at radius 3 is 2.84 bits per heavy atom. The standard InChI is InChI=1S/C12H9N5S2/c13-12(18)9-4-15-11(5-14-9)17-7-1-2-8-10(3-7)19-6-16-8/h1-6H,(H2,13,18)(H,15,17). The number of hydrogen-bond acceptors (Lipinski definition) is 6. The monoisotopic (exact) mass is 287 g/mol. The first kappa shape index (κ1) is 11.9. The third-order valence-corrected chi connectivity index (χ3v) is 3.51. The first-order valence-electron chi connectivity index (χ1n) is 5.44. The van der Waals surface area contributed by atoms with E-state index in [1.807, 2.05) is 23.7 Å². The summed E-state index contributed by atoms with van der Waals surface area (Å²) in [5, 5.41) is 3.17. The number of benzene rings is 1. The maximum atomic E-state index is 5.47. The SMILES string of the molecule is NC(=S)c1cnc(Nc2ccc3ncsc3c2)cn1. The van der Waals surface area contributed by atoms with E-state index in [1.54, 1.807) is 23.7 Å². The highest BCUT2D eigenvalue weighted by molar-refractivity contribution is 7.80. The highest BCUT2D eigenvalue weighted by Crippen LogP contribution is 2.23. The van der Waals surface area contributed by atoms with Crippen LogP contribution >= 0.6 is 23.6 Å². The fraction of sp³-hybridized carbons (Fsp3) is 0. The van der Waals surface area contributed by atoms with Crippen molar-refractivity contribution < 1.29 is 0 Å². The normalized spacial score (nSPS) is 10.5. The summed E-state index contributed by atoms with van der Waals surface area (Å²) in [4.78, 5) is 12.8. The Hall–Kier alpha value is -2.12. The molecule has 2 heterocycles. The van der Waals surface area contributed by atoms with Gasteiger partial charge in [0.05, 0.1) is 28.1 Å². The first-order valence-corrected chi connectivity index (χ1v) is 6.73. The van der Waals surface area contributed by atoms with Crippen molar-refractivity contribution in [1.29, 1.82) is 0 Å². The molecule has 2 aromatic heterocycles. The van der Waals surface area contributed by atoms with Gasteiger partial charge in [-0.3, -0.25) is 0 Å². The largest absolute Gasteiger partial charge is 0.388 e. The van der Waals surface area contributed by atoms with E-state index in [-0.39, 0.29) is 4.99 Å². The number of nitrogens with zero attached hydrogens (tertiary/aromatic N) is 3. The Labute approximate surface area is 118 Å². The Morgan fingerprint density at radius 2 is 2.11 bits per heavy atom. The second-order valence-electron chi connectivity index (χ2n) is 3.81. The summed E-state index contributed by atoms with van der Waals surface area (Å²) in [5.41, 5.74) is 9.74. The van der Waals surface area contributed by atoms with E-state index < -0.39 is 0 Å². The van der Waals surface area contributed by atoms with E-state index >= 15 is 0 Å². The maximum Gasteiger partial charge on any atom is 0.148 e. The minimum atomic E-state index is 0.241. The molecule has 0 unspecified atom stereocenters. The summed E-state index contributed by atoms with van der Waals surface area (Å²) in [6.45, 7) is 0. The van der Waals surface area contributed by atoms with Crippen molar-refractivity contribution in [2.75, 3.05) is 5.32 Å². The van der Waals surface area contributed by atoms with E-state index in [0.717, 1.165) is 15.9 Å². The number of rotatable bonds is 3. The van der Waals surface area contributed by atoms with Crippen LogP contribution in [0.15, 0.2) is 36.1 Å². The molecular weight excluding hydrogens is 278 g/mol. The number of thiazole rings is 1. The number of fused-ring (bicyclic) bond motifs is 1. The van der Waals surface area contributed by atoms with Crippen LogP contribution in [0.1, 0.15) is 5.69 Å². The lowest BCUT2D eigenvalue weighted by Gasteiger charge is -2.05. The smallest absolute Gasteiger partial charge is 0.148 e. The molecule has 0 spiro atoms. The number of nitrogens with one attached hydrogen (secondary N) is 1. The van der Waals surface area contributed by atoms with E-state index in [1.165, 1.54) is 0 Å². The maximum absolute atomic E-state index is 5.47. The van der Waals surface area contributed by atoms with Gasteiger partial charge < -0.3 is 11.1 Å². The van der Waals surface area contributed by atoms with E-state index in [0.29, 0.717) is 11.5 Å². The Balaban J connectivity index is 1.85. The molecule has 0 atom stereocenters. The molecule has 3 rings (SSSR count). The van der Waals surface area contributed by atoms with Crippen LogP contribution in [0.25, 0.3) is 10.2 Å². The average Bonchev–Trinajstić information content (AvgIpc) is 2.87. The zero-order valence-electron chi connectivity index (χ0n) is 9.70. The van der Waals surface area contributed by atoms with Crippen LogP contribution in [0.2, 0.25) is 0 Å². The summed E-state index contributed by atoms with van der Waals surface area (Å²) in [6.07, 6.45) is 3.15. The molecule has 0 aliphatic heterocycles. The van der Waals surface area contributed by atoms with Crippen molar-refractivity contribution >= 4 is 50.3 Å². The summed E-state index contributed by atoms with van der Waals surface area (Å²) < 4.78 is 1.12. The predicted molar refractivity (Wildman–Crippen MR) is 80.8 cm³/mol. The van der Waals surface area contributed by atoms with Gasteiger partial charge in [-0.1, -0.05) is 12.2 Å². The Morgan fingerprint density at radius 1 is 1.21 bits per heavy atom. The molecule has 0 saturated heterocycles. The van der Waals surface area contributed by atoms with Crippen molar-refractivity contribution in [3.05, 3.63) is 41.8 Å². The summed E-state index contributed by atoms with van der Waals surface area (Å²) in [6, 6.07) is 5.94. The highest BCUT2D eigenvalue weighted by Gasteiger charge is 2.02. The van der Waals surface area contributed by atoms with Crippen LogP contribution in [0.3, 0.4) is 0 Å². The molecule has 3 aromatic rings. The second-order valence-corrected chi connectivity index (χ2v) is 5.14. The van der Waals surface area contributed by atoms with Gasteiger partial charge in [-0.05, 0) is 18.2 Å².